The SMILES string of the molecule is CN(CCCOc1cccc(Cl)c1)C(=O)CC1CNC1. The fraction of sp³-hybridized carbons (Fsp3) is 0.533. The summed E-state index contributed by atoms with van der Waals surface area (Å²) < 4.78 is 5.60. The third-order valence-electron chi connectivity index (χ3n) is 3.46. The largest absolute Gasteiger partial charge is 0.493 e. The Morgan fingerprint density at radius 2 is 2.30 bits per heavy atom. The highest BCUT2D eigenvalue weighted by molar-refractivity contribution is 6.30. The van der Waals surface area contributed by atoms with Gasteiger partial charge in [0.2, 0.25) is 5.91 Å². The second-order valence-corrected chi connectivity index (χ2v) is 5.64. The molecule has 1 amide bonds. The molecule has 1 aromatic rings. The number of benzene rings is 1. The van der Waals surface area contributed by atoms with Crippen LogP contribution < -0.4 is 10.1 Å². The fourth-order valence-corrected chi connectivity index (χ4v) is 2.25. The minimum absolute atomic E-state index is 0.222. The van der Waals surface area contributed by atoms with Gasteiger partial charge in [0.05, 0.1) is 6.61 Å². The molecule has 0 aliphatic carbocycles. The Morgan fingerprint density at radius 3 is 2.95 bits per heavy atom. The highest BCUT2D eigenvalue weighted by Gasteiger charge is 2.21. The van der Waals surface area contributed by atoms with Crippen molar-refractivity contribution in [2.75, 3.05) is 33.3 Å². The quantitative estimate of drug-likeness (QED) is 0.784. The molecular weight excluding hydrogens is 276 g/mol. The summed E-state index contributed by atoms with van der Waals surface area (Å²) in [7, 11) is 1.85. The van der Waals surface area contributed by atoms with Gasteiger partial charge in [0.1, 0.15) is 5.75 Å². The molecule has 1 aromatic carbocycles. The van der Waals surface area contributed by atoms with Crippen molar-refractivity contribution in [1.82, 2.24) is 10.2 Å². The first-order valence-electron chi connectivity index (χ1n) is 6.98. The van der Waals surface area contributed by atoms with Crippen molar-refractivity contribution in [2.45, 2.75) is 12.8 Å². The molecule has 1 saturated heterocycles. The Bertz CT molecular complexity index is 449. The summed E-state index contributed by atoms with van der Waals surface area (Å²) in [4.78, 5) is 13.7. The molecule has 1 heterocycles. The number of carbonyl (C=O) groups is 1. The number of nitrogens with one attached hydrogen (secondary N) is 1. The van der Waals surface area contributed by atoms with Crippen molar-refractivity contribution in [1.29, 1.82) is 0 Å². The van der Waals surface area contributed by atoms with E-state index in [1.165, 1.54) is 0 Å². The zero-order valence-electron chi connectivity index (χ0n) is 11.8. The average molecular weight is 297 g/mol. The second-order valence-electron chi connectivity index (χ2n) is 5.20. The minimum Gasteiger partial charge on any atom is -0.493 e. The van der Waals surface area contributed by atoms with E-state index in [2.05, 4.69) is 5.32 Å². The smallest absolute Gasteiger partial charge is 0.222 e. The van der Waals surface area contributed by atoms with Crippen molar-refractivity contribution in [3.63, 3.8) is 0 Å². The lowest BCUT2D eigenvalue weighted by Crippen LogP contribution is -2.44. The Kier molecular flexibility index (Phi) is 5.68. The van der Waals surface area contributed by atoms with Gasteiger partial charge in [-0.3, -0.25) is 4.79 Å². The van der Waals surface area contributed by atoms with Gasteiger partial charge in [-0.2, -0.15) is 0 Å². The fourth-order valence-electron chi connectivity index (χ4n) is 2.07. The van der Waals surface area contributed by atoms with Crippen LogP contribution in [0.4, 0.5) is 0 Å². The van der Waals surface area contributed by atoms with Gasteiger partial charge in [0, 0.05) is 25.0 Å². The van der Waals surface area contributed by atoms with E-state index >= 15 is 0 Å². The van der Waals surface area contributed by atoms with E-state index in [-0.39, 0.29) is 5.91 Å². The lowest BCUT2D eigenvalue weighted by Gasteiger charge is -2.28. The first-order valence-corrected chi connectivity index (χ1v) is 7.36. The van der Waals surface area contributed by atoms with Crippen LogP contribution in [0.5, 0.6) is 5.75 Å². The normalized spacial score (nSPS) is 14.7. The van der Waals surface area contributed by atoms with Crippen LogP contribution in [0.3, 0.4) is 0 Å². The molecule has 0 aromatic heterocycles. The summed E-state index contributed by atoms with van der Waals surface area (Å²) >= 11 is 5.88. The van der Waals surface area contributed by atoms with Gasteiger partial charge in [-0.05, 0) is 43.6 Å². The van der Waals surface area contributed by atoms with E-state index in [0.717, 1.165) is 31.8 Å². The molecule has 0 bridgehead atoms. The molecule has 110 valence electrons. The zero-order valence-corrected chi connectivity index (χ0v) is 12.5. The van der Waals surface area contributed by atoms with Gasteiger partial charge in [-0.25, -0.2) is 0 Å². The van der Waals surface area contributed by atoms with Gasteiger partial charge in [-0.15, -0.1) is 0 Å². The molecule has 20 heavy (non-hydrogen) atoms. The lowest BCUT2D eigenvalue weighted by atomic mass is 9.99. The minimum atomic E-state index is 0.222. The molecule has 5 heteroatoms. The van der Waals surface area contributed by atoms with Gasteiger partial charge >= 0.3 is 0 Å². The molecular formula is C15H21ClN2O2. The van der Waals surface area contributed by atoms with E-state index in [0.29, 0.717) is 24.0 Å². The molecule has 0 unspecified atom stereocenters. The van der Waals surface area contributed by atoms with E-state index in [9.17, 15) is 4.79 Å². The third kappa shape index (κ3) is 4.69. The van der Waals surface area contributed by atoms with Crippen molar-refractivity contribution in [3.05, 3.63) is 29.3 Å². The summed E-state index contributed by atoms with van der Waals surface area (Å²) in [6.45, 7) is 3.25. The number of nitrogens with zero attached hydrogens (tertiary/aromatic N) is 1. The molecule has 2 rings (SSSR count). The van der Waals surface area contributed by atoms with E-state index in [1.807, 2.05) is 25.2 Å². The van der Waals surface area contributed by atoms with Crippen LogP contribution in [-0.2, 0) is 4.79 Å². The van der Waals surface area contributed by atoms with Crippen LogP contribution in [0.2, 0.25) is 5.02 Å². The molecule has 4 nitrogen and oxygen atoms in total. The first-order chi connectivity index (χ1) is 9.65. The number of ether oxygens (including phenoxy) is 1. The summed E-state index contributed by atoms with van der Waals surface area (Å²) in [5.41, 5.74) is 0. The second kappa shape index (κ2) is 7.50. The number of hydrogen-bond donors (Lipinski definition) is 1. The average Bonchev–Trinajstić information content (AvgIpc) is 2.38. The van der Waals surface area contributed by atoms with Crippen LogP contribution in [0.1, 0.15) is 12.8 Å². The predicted octanol–water partition coefficient (Wildman–Crippen LogP) is 2.18. The number of hydrogen-bond acceptors (Lipinski definition) is 3. The first kappa shape index (κ1) is 15.1. The van der Waals surface area contributed by atoms with Crippen LogP contribution in [-0.4, -0.2) is 44.1 Å². The van der Waals surface area contributed by atoms with Gasteiger partial charge in [0.15, 0.2) is 0 Å². The Balaban J connectivity index is 1.61. The summed E-state index contributed by atoms with van der Waals surface area (Å²) in [6.07, 6.45) is 1.47. The molecule has 0 atom stereocenters. The molecule has 1 aliphatic heterocycles. The maximum Gasteiger partial charge on any atom is 0.222 e. The van der Waals surface area contributed by atoms with Crippen LogP contribution in [0.25, 0.3) is 0 Å². The van der Waals surface area contributed by atoms with Gasteiger partial charge < -0.3 is 15.0 Å². The maximum absolute atomic E-state index is 11.9. The standard InChI is InChI=1S/C15H21ClN2O2/c1-18(15(19)8-12-10-17-11-12)6-3-7-20-14-5-2-4-13(16)9-14/h2,4-5,9,12,17H,3,6-8,10-11H2,1H3. The van der Waals surface area contributed by atoms with E-state index < -0.39 is 0 Å². The summed E-state index contributed by atoms with van der Waals surface area (Å²) in [5, 5.41) is 3.85. The maximum atomic E-state index is 11.9. The lowest BCUT2D eigenvalue weighted by molar-refractivity contribution is -0.131. The topological polar surface area (TPSA) is 41.6 Å². The van der Waals surface area contributed by atoms with Crippen LogP contribution >= 0.6 is 11.6 Å². The third-order valence-corrected chi connectivity index (χ3v) is 3.69. The summed E-state index contributed by atoms with van der Waals surface area (Å²) in [6, 6.07) is 7.35. The zero-order chi connectivity index (χ0) is 14.4. The molecule has 0 radical (unpaired) electrons. The molecule has 0 spiro atoms. The van der Waals surface area contributed by atoms with Crippen LogP contribution in [0.15, 0.2) is 24.3 Å². The molecule has 1 aliphatic rings. The molecule has 1 N–H and O–H groups in total. The van der Waals surface area contributed by atoms with Crippen molar-refractivity contribution in [2.24, 2.45) is 5.92 Å². The predicted molar refractivity (Wildman–Crippen MR) is 80.2 cm³/mol. The van der Waals surface area contributed by atoms with Gasteiger partial charge in [0.25, 0.3) is 0 Å². The van der Waals surface area contributed by atoms with Crippen LogP contribution in [0, 0.1) is 5.92 Å². The van der Waals surface area contributed by atoms with Crippen molar-refractivity contribution >= 4 is 17.5 Å². The number of amides is 1. The van der Waals surface area contributed by atoms with Crippen molar-refractivity contribution in [3.8, 4) is 5.75 Å². The highest BCUT2D eigenvalue weighted by atomic mass is 35.5. The molecule has 0 saturated carbocycles. The molecule has 1 fully saturated rings. The van der Waals surface area contributed by atoms with E-state index in [4.69, 9.17) is 16.3 Å². The number of halogens is 1. The van der Waals surface area contributed by atoms with E-state index in [1.54, 1.807) is 11.0 Å². The summed E-state index contributed by atoms with van der Waals surface area (Å²) in [5.74, 6) is 1.51. The Hall–Kier alpha value is -1.26. The number of rotatable bonds is 7. The monoisotopic (exact) mass is 296 g/mol. The number of carbonyl (C=O) groups excluding carboxylic acids is 1. The highest BCUT2D eigenvalue weighted by Crippen LogP contribution is 2.17. The van der Waals surface area contributed by atoms with Crippen molar-refractivity contribution < 1.29 is 9.53 Å². The van der Waals surface area contributed by atoms with Gasteiger partial charge in [-0.1, -0.05) is 17.7 Å². The Morgan fingerprint density at radius 1 is 1.50 bits per heavy atom. The Labute approximate surface area is 125 Å².